The van der Waals surface area contributed by atoms with Gasteiger partial charge in [-0.05, 0) is 41.6 Å². The van der Waals surface area contributed by atoms with E-state index in [-0.39, 0.29) is 17.5 Å². The third-order valence-electron chi connectivity index (χ3n) is 5.51. The fourth-order valence-electron chi connectivity index (χ4n) is 3.73. The smallest absolute Gasteiger partial charge is 0.271 e. The number of hydrogen-bond donors (Lipinski definition) is 1. The normalized spacial score (nSPS) is 14.5. The lowest BCUT2D eigenvalue weighted by Gasteiger charge is -2.28. The quantitative estimate of drug-likeness (QED) is 0.318. The molecule has 1 N–H and O–H groups in total. The molecule has 0 aliphatic carbocycles. The van der Waals surface area contributed by atoms with Gasteiger partial charge in [-0.1, -0.05) is 60.7 Å². The van der Waals surface area contributed by atoms with Crippen LogP contribution in [0.5, 0.6) is 0 Å². The van der Waals surface area contributed by atoms with E-state index in [0.717, 1.165) is 11.1 Å². The molecule has 0 atom stereocenters. The Morgan fingerprint density at radius 1 is 0.829 bits per heavy atom. The summed E-state index contributed by atoms with van der Waals surface area (Å²) >= 11 is 1.21. The molecule has 4 aromatic rings. The number of para-hydroxylation sites is 2. The number of rotatable bonds is 6. The second kappa shape index (κ2) is 10.6. The standard InChI is InChI=1S/C27H23N3O4S/c31-25(20-11-5-2-6-12-20)29-23(26(32)30-15-17-33-18-16-30)24(19-9-3-1-4-10-19)35-27-28-21-13-7-8-14-22(21)34-27/h1-14H,15-18H2,(H,29,31)/b24-23+. The zero-order chi connectivity index (χ0) is 24.0. The van der Waals surface area contributed by atoms with Crippen molar-refractivity contribution in [2.75, 3.05) is 26.3 Å². The van der Waals surface area contributed by atoms with Crippen LogP contribution < -0.4 is 5.32 Å². The first-order chi connectivity index (χ1) is 17.2. The molecule has 1 aliphatic heterocycles. The first-order valence-corrected chi connectivity index (χ1v) is 12.1. The van der Waals surface area contributed by atoms with Crippen molar-refractivity contribution in [3.8, 4) is 0 Å². The van der Waals surface area contributed by atoms with E-state index >= 15 is 0 Å². The minimum absolute atomic E-state index is 0.180. The molecular weight excluding hydrogens is 462 g/mol. The SMILES string of the molecule is O=C(N/C(C(=O)N1CCOCC1)=C(/Sc1nc2ccccc2o1)c1ccccc1)c1ccccc1. The summed E-state index contributed by atoms with van der Waals surface area (Å²) < 4.78 is 11.4. The van der Waals surface area contributed by atoms with Crippen LogP contribution in [-0.2, 0) is 9.53 Å². The van der Waals surface area contributed by atoms with Crippen molar-refractivity contribution in [3.63, 3.8) is 0 Å². The fourth-order valence-corrected chi connectivity index (χ4v) is 4.68. The van der Waals surface area contributed by atoms with Gasteiger partial charge in [0.2, 0.25) is 0 Å². The van der Waals surface area contributed by atoms with E-state index in [1.807, 2.05) is 60.7 Å². The van der Waals surface area contributed by atoms with E-state index in [1.54, 1.807) is 29.2 Å². The van der Waals surface area contributed by atoms with Crippen LogP contribution in [0.1, 0.15) is 15.9 Å². The molecule has 5 rings (SSSR count). The van der Waals surface area contributed by atoms with Gasteiger partial charge in [0.15, 0.2) is 5.58 Å². The molecule has 2 amide bonds. The lowest BCUT2D eigenvalue weighted by atomic mass is 10.1. The van der Waals surface area contributed by atoms with Gasteiger partial charge in [-0.2, -0.15) is 0 Å². The van der Waals surface area contributed by atoms with Crippen molar-refractivity contribution in [1.29, 1.82) is 0 Å². The third-order valence-corrected chi connectivity index (χ3v) is 6.51. The Balaban J connectivity index is 1.61. The van der Waals surface area contributed by atoms with Gasteiger partial charge in [-0.15, -0.1) is 0 Å². The molecule has 35 heavy (non-hydrogen) atoms. The number of morpholine rings is 1. The van der Waals surface area contributed by atoms with E-state index in [2.05, 4.69) is 10.3 Å². The number of benzene rings is 3. The van der Waals surface area contributed by atoms with Crippen LogP contribution in [0.2, 0.25) is 0 Å². The third kappa shape index (κ3) is 5.29. The Kier molecular flexibility index (Phi) is 6.92. The van der Waals surface area contributed by atoms with Gasteiger partial charge < -0.3 is 19.4 Å². The summed E-state index contributed by atoms with van der Waals surface area (Å²) in [6.45, 7) is 1.79. The molecule has 0 bridgehead atoms. The summed E-state index contributed by atoms with van der Waals surface area (Å²) in [6.07, 6.45) is 0. The van der Waals surface area contributed by atoms with Crippen LogP contribution in [0, 0.1) is 0 Å². The molecule has 0 spiro atoms. The molecule has 1 saturated heterocycles. The number of carbonyl (C=O) groups is 2. The Bertz CT molecular complexity index is 1330. The number of fused-ring (bicyclic) bond motifs is 1. The fraction of sp³-hybridized carbons (Fsp3) is 0.148. The van der Waals surface area contributed by atoms with E-state index in [1.165, 1.54) is 11.8 Å². The topological polar surface area (TPSA) is 84.7 Å². The van der Waals surface area contributed by atoms with Crippen molar-refractivity contribution >= 4 is 39.6 Å². The molecule has 2 heterocycles. The van der Waals surface area contributed by atoms with E-state index in [4.69, 9.17) is 9.15 Å². The molecule has 8 heteroatoms. The zero-order valence-corrected chi connectivity index (χ0v) is 19.7. The van der Waals surface area contributed by atoms with Gasteiger partial charge in [-0.25, -0.2) is 4.98 Å². The van der Waals surface area contributed by atoms with Crippen LogP contribution in [0.4, 0.5) is 0 Å². The minimum atomic E-state index is -0.367. The van der Waals surface area contributed by atoms with Crippen molar-refractivity contribution < 1.29 is 18.7 Å². The largest absolute Gasteiger partial charge is 0.431 e. The predicted octanol–water partition coefficient (Wildman–Crippen LogP) is 4.58. The van der Waals surface area contributed by atoms with Gasteiger partial charge in [0.1, 0.15) is 11.2 Å². The van der Waals surface area contributed by atoms with E-state index < -0.39 is 0 Å². The highest BCUT2D eigenvalue weighted by molar-refractivity contribution is 8.08. The van der Waals surface area contributed by atoms with E-state index in [9.17, 15) is 9.59 Å². The Morgan fingerprint density at radius 3 is 2.14 bits per heavy atom. The Hall–Kier alpha value is -3.88. The van der Waals surface area contributed by atoms with E-state index in [0.29, 0.717) is 47.6 Å². The predicted molar refractivity (Wildman–Crippen MR) is 135 cm³/mol. The lowest BCUT2D eigenvalue weighted by Crippen LogP contribution is -2.44. The van der Waals surface area contributed by atoms with Gasteiger partial charge in [-0.3, -0.25) is 9.59 Å². The number of thioether (sulfide) groups is 1. The van der Waals surface area contributed by atoms with Crippen molar-refractivity contribution in [2.45, 2.75) is 5.22 Å². The van der Waals surface area contributed by atoms with Crippen LogP contribution in [0.15, 0.2) is 100 Å². The zero-order valence-electron chi connectivity index (χ0n) is 18.8. The molecule has 1 aliphatic rings. The number of aromatic nitrogens is 1. The number of oxazole rings is 1. The maximum Gasteiger partial charge on any atom is 0.271 e. The lowest BCUT2D eigenvalue weighted by molar-refractivity contribution is -0.131. The first-order valence-electron chi connectivity index (χ1n) is 11.3. The molecule has 1 aromatic heterocycles. The second-order valence-electron chi connectivity index (χ2n) is 7.84. The van der Waals surface area contributed by atoms with Crippen molar-refractivity contribution in [3.05, 3.63) is 102 Å². The molecule has 176 valence electrons. The van der Waals surface area contributed by atoms with Gasteiger partial charge in [0, 0.05) is 18.7 Å². The van der Waals surface area contributed by atoms with Gasteiger partial charge in [0.25, 0.3) is 17.0 Å². The van der Waals surface area contributed by atoms with Crippen LogP contribution in [0.25, 0.3) is 16.0 Å². The molecular formula is C27H23N3O4S. The summed E-state index contributed by atoms with van der Waals surface area (Å²) in [5.74, 6) is -0.645. The summed E-state index contributed by atoms with van der Waals surface area (Å²) in [5.41, 5.74) is 2.77. The number of hydrogen-bond acceptors (Lipinski definition) is 6. The number of nitrogens with one attached hydrogen (secondary N) is 1. The number of carbonyl (C=O) groups excluding carboxylic acids is 2. The maximum absolute atomic E-state index is 13.8. The maximum atomic E-state index is 13.8. The number of amides is 2. The monoisotopic (exact) mass is 485 g/mol. The summed E-state index contributed by atoms with van der Waals surface area (Å²) in [7, 11) is 0. The molecule has 0 radical (unpaired) electrons. The van der Waals surface area contributed by atoms with Crippen LogP contribution >= 0.6 is 11.8 Å². The van der Waals surface area contributed by atoms with Gasteiger partial charge in [0.05, 0.1) is 18.1 Å². The Labute approximate surface area is 206 Å². The van der Waals surface area contributed by atoms with Crippen molar-refractivity contribution in [2.24, 2.45) is 0 Å². The van der Waals surface area contributed by atoms with Gasteiger partial charge >= 0.3 is 0 Å². The summed E-state index contributed by atoms with van der Waals surface area (Å²) in [5, 5.41) is 3.28. The highest BCUT2D eigenvalue weighted by Gasteiger charge is 2.28. The minimum Gasteiger partial charge on any atom is -0.431 e. The average Bonchev–Trinajstić information content (AvgIpc) is 3.34. The highest BCUT2D eigenvalue weighted by Crippen LogP contribution is 2.37. The van der Waals surface area contributed by atoms with Crippen LogP contribution in [0.3, 0.4) is 0 Å². The van der Waals surface area contributed by atoms with Crippen molar-refractivity contribution in [1.82, 2.24) is 15.2 Å². The van der Waals surface area contributed by atoms with Crippen LogP contribution in [-0.4, -0.2) is 48.0 Å². The molecule has 0 saturated carbocycles. The molecule has 1 fully saturated rings. The molecule has 3 aromatic carbocycles. The summed E-state index contributed by atoms with van der Waals surface area (Å²) in [4.78, 5) is 33.8. The average molecular weight is 486 g/mol. The highest BCUT2D eigenvalue weighted by atomic mass is 32.2. The first kappa shape index (κ1) is 22.9. The second-order valence-corrected chi connectivity index (χ2v) is 8.81. The number of ether oxygens (including phenoxy) is 1. The summed E-state index contributed by atoms with van der Waals surface area (Å²) in [6, 6.07) is 25.8. The molecule has 7 nitrogen and oxygen atoms in total. The number of nitrogens with zero attached hydrogens (tertiary/aromatic N) is 2. The Morgan fingerprint density at radius 2 is 1.46 bits per heavy atom. The molecule has 0 unspecified atom stereocenters.